The molecule has 15 heavy (non-hydrogen) atoms. The summed E-state index contributed by atoms with van der Waals surface area (Å²) in [6, 6.07) is 15.7. The van der Waals surface area contributed by atoms with Crippen molar-refractivity contribution in [3.63, 3.8) is 0 Å². The van der Waals surface area contributed by atoms with Gasteiger partial charge in [0.15, 0.2) is 0 Å². The van der Waals surface area contributed by atoms with Crippen LogP contribution in [-0.2, 0) is 0 Å². The van der Waals surface area contributed by atoms with E-state index in [0.29, 0.717) is 0 Å². The Bertz CT molecular complexity index is 453. The third-order valence-corrected chi connectivity index (χ3v) is 2.52. The largest absolute Gasteiger partial charge is 0.355 e. The number of hydrogen-bond acceptors (Lipinski definition) is 1. The molecule has 0 amide bonds. The highest BCUT2D eigenvalue weighted by atomic mass is 79.9. The van der Waals surface area contributed by atoms with Crippen molar-refractivity contribution in [2.24, 2.45) is 0 Å². The van der Waals surface area contributed by atoms with Crippen molar-refractivity contribution >= 4 is 40.6 Å². The molecule has 1 N–H and O–H groups in total. The lowest BCUT2D eigenvalue weighted by molar-refractivity contribution is 1.54. The van der Waals surface area contributed by atoms with E-state index in [9.17, 15) is 0 Å². The summed E-state index contributed by atoms with van der Waals surface area (Å²) in [5.41, 5.74) is 2.85. The summed E-state index contributed by atoms with van der Waals surface area (Å²) in [6.45, 7) is 0. The van der Waals surface area contributed by atoms with Crippen molar-refractivity contribution in [3.05, 3.63) is 53.0 Å². The number of nitrogens with one attached hydrogen (secondary N) is 1. The second-order valence-corrected chi connectivity index (χ2v) is 4.17. The number of hydrogen-bond donors (Lipinski definition) is 1. The van der Waals surface area contributed by atoms with Gasteiger partial charge in [0.25, 0.3) is 0 Å². The zero-order chi connectivity index (χ0) is 10.7. The normalized spacial score (nSPS) is 9.93. The van der Waals surface area contributed by atoms with E-state index in [1.54, 1.807) is 0 Å². The van der Waals surface area contributed by atoms with Crippen LogP contribution in [0.15, 0.2) is 53.0 Å². The first-order valence-corrected chi connectivity index (χ1v) is 5.41. The van der Waals surface area contributed by atoms with Crippen LogP contribution in [0.25, 0.3) is 0 Å². The molecule has 0 saturated heterocycles. The molecule has 2 radical (unpaired) electrons. The molecule has 1 nitrogen and oxygen atoms in total. The van der Waals surface area contributed by atoms with Gasteiger partial charge in [0.1, 0.15) is 7.85 Å². The van der Waals surface area contributed by atoms with Crippen LogP contribution in [0, 0.1) is 0 Å². The highest BCUT2D eigenvalue weighted by Crippen LogP contribution is 2.19. The van der Waals surface area contributed by atoms with Crippen molar-refractivity contribution in [2.45, 2.75) is 0 Å². The molecule has 0 unspecified atom stereocenters. The van der Waals surface area contributed by atoms with E-state index in [2.05, 4.69) is 21.2 Å². The number of rotatable bonds is 2. The summed E-state index contributed by atoms with van der Waals surface area (Å²) in [7, 11) is 5.61. The monoisotopic (exact) mass is 257 g/mol. The lowest BCUT2D eigenvalue weighted by Crippen LogP contribution is -2.00. The van der Waals surface area contributed by atoms with Crippen LogP contribution in [-0.4, -0.2) is 7.85 Å². The molecule has 0 atom stereocenters. The first kappa shape index (κ1) is 10.3. The van der Waals surface area contributed by atoms with Crippen LogP contribution in [0.4, 0.5) is 11.4 Å². The molecule has 0 aliphatic heterocycles. The summed E-state index contributed by atoms with van der Waals surface area (Å²) < 4.78 is 1.06. The molecule has 0 saturated carbocycles. The van der Waals surface area contributed by atoms with Crippen LogP contribution in [0.1, 0.15) is 0 Å². The molecule has 2 rings (SSSR count). The van der Waals surface area contributed by atoms with Crippen LogP contribution in [0.2, 0.25) is 0 Å². The van der Waals surface area contributed by atoms with Gasteiger partial charge in [-0.2, -0.15) is 0 Å². The smallest absolute Gasteiger partial charge is 0.113 e. The second-order valence-electron chi connectivity index (χ2n) is 3.26. The first-order valence-electron chi connectivity index (χ1n) is 4.62. The van der Waals surface area contributed by atoms with Gasteiger partial charge in [-0.3, -0.25) is 0 Å². The topological polar surface area (TPSA) is 12.0 Å². The third kappa shape index (κ3) is 2.86. The summed E-state index contributed by atoms with van der Waals surface area (Å²) in [5.74, 6) is 0. The number of halogens is 1. The van der Waals surface area contributed by atoms with Crippen molar-refractivity contribution < 1.29 is 0 Å². The predicted molar refractivity (Wildman–Crippen MR) is 69.3 cm³/mol. The fourth-order valence-corrected chi connectivity index (χ4v) is 1.70. The molecule has 0 bridgehead atoms. The molecule has 2 aromatic rings. The maximum absolute atomic E-state index is 5.61. The van der Waals surface area contributed by atoms with Gasteiger partial charge < -0.3 is 5.32 Å². The molecule has 0 fully saturated rings. The third-order valence-electron chi connectivity index (χ3n) is 2.02. The number of anilines is 2. The second kappa shape index (κ2) is 4.54. The molecule has 0 spiro atoms. The molecule has 0 aromatic heterocycles. The van der Waals surface area contributed by atoms with Crippen molar-refractivity contribution in [2.75, 3.05) is 5.32 Å². The quantitative estimate of drug-likeness (QED) is 0.816. The van der Waals surface area contributed by atoms with Crippen LogP contribution < -0.4 is 10.8 Å². The van der Waals surface area contributed by atoms with E-state index >= 15 is 0 Å². The Hall–Kier alpha value is -1.22. The summed E-state index contributed by atoms with van der Waals surface area (Å²) in [4.78, 5) is 0. The minimum absolute atomic E-state index is 0.773. The minimum atomic E-state index is 0.773. The summed E-state index contributed by atoms with van der Waals surface area (Å²) in [6.07, 6.45) is 0. The average molecular weight is 258 g/mol. The van der Waals surface area contributed by atoms with E-state index < -0.39 is 0 Å². The Kier molecular flexibility index (Phi) is 3.12. The SMILES string of the molecule is [B]c1ccc(Nc2cccc(Br)c2)cc1. The Morgan fingerprint density at radius 3 is 2.33 bits per heavy atom. The van der Waals surface area contributed by atoms with Crippen LogP contribution in [0.3, 0.4) is 0 Å². The molecule has 0 heterocycles. The standard InChI is InChI=1S/C12H9BBrN/c13-9-4-6-11(7-5-9)15-12-3-1-2-10(14)8-12/h1-8,15H. The molecular formula is C12H9BBrN. The highest BCUT2D eigenvalue weighted by molar-refractivity contribution is 9.10. The molecule has 2 aromatic carbocycles. The maximum atomic E-state index is 5.61. The molecule has 3 heteroatoms. The average Bonchev–Trinajstić information content (AvgIpc) is 2.22. The Morgan fingerprint density at radius 1 is 0.933 bits per heavy atom. The summed E-state index contributed by atoms with van der Waals surface area (Å²) >= 11 is 3.43. The van der Waals surface area contributed by atoms with Gasteiger partial charge in [-0.15, -0.1) is 0 Å². The van der Waals surface area contributed by atoms with Crippen LogP contribution in [0.5, 0.6) is 0 Å². The van der Waals surface area contributed by atoms with Crippen molar-refractivity contribution in [1.82, 2.24) is 0 Å². The number of benzene rings is 2. The lowest BCUT2D eigenvalue weighted by atomic mass is 9.96. The van der Waals surface area contributed by atoms with Crippen molar-refractivity contribution in [3.8, 4) is 0 Å². The van der Waals surface area contributed by atoms with Gasteiger partial charge >= 0.3 is 0 Å². The predicted octanol–water partition coefficient (Wildman–Crippen LogP) is 2.99. The van der Waals surface area contributed by atoms with E-state index in [1.165, 1.54) is 0 Å². The summed E-state index contributed by atoms with van der Waals surface area (Å²) in [5, 5.41) is 3.29. The van der Waals surface area contributed by atoms with Gasteiger partial charge in [-0.1, -0.05) is 39.6 Å². The fourth-order valence-electron chi connectivity index (χ4n) is 1.30. The van der Waals surface area contributed by atoms with Gasteiger partial charge in [-0.25, -0.2) is 0 Å². The van der Waals surface area contributed by atoms with Gasteiger partial charge in [0, 0.05) is 15.8 Å². The zero-order valence-electron chi connectivity index (χ0n) is 8.07. The fraction of sp³-hybridized carbons (Fsp3) is 0. The molecule has 0 aliphatic carbocycles. The Morgan fingerprint density at radius 2 is 1.67 bits per heavy atom. The highest BCUT2D eigenvalue weighted by Gasteiger charge is 1.94. The van der Waals surface area contributed by atoms with Crippen molar-refractivity contribution in [1.29, 1.82) is 0 Å². The van der Waals surface area contributed by atoms with Gasteiger partial charge in [-0.05, 0) is 30.3 Å². The molecule has 72 valence electrons. The van der Waals surface area contributed by atoms with Crippen LogP contribution >= 0.6 is 15.9 Å². The minimum Gasteiger partial charge on any atom is -0.355 e. The maximum Gasteiger partial charge on any atom is 0.113 e. The first-order chi connectivity index (χ1) is 7.24. The lowest BCUT2D eigenvalue weighted by Gasteiger charge is -2.06. The van der Waals surface area contributed by atoms with Gasteiger partial charge in [0.2, 0.25) is 0 Å². The Balaban J connectivity index is 2.18. The van der Waals surface area contributed by atoms with E-state index in [0.717, 1.165) is 21.3 Å². The zero-order valence-corrected chi connectivity index (χ0v) is 9.66. The van der Waals surface area contributed by atoms with E-state index in [-0.39, 0.29) is 0 Å². The van der Waals surface area contributed by atoms with E-state index in [1.807, 2.05) is 48.5 Å². The molecule has 0 aliphatic rings. The van der Waals surface area contributed by atoms with E-state index in [4.69, 9.17) is 7.85 Å². The Labute approximate surface area is 99.1 Å². The molecular weight excluding hydrogens is 249 g/mol. The van der Waals surface area contributed by atoms with Gasteiger partial charge in [0.05, 0.1) is 0 Å².